The lowest BCUT2D eigenvalue weighted by Gasteiger charge is -2.46. The largest absolute Gasteiger partial charge is 0.465 e. The van der Waals surface area contributed by atoms with Crippen LogP contribution in [0.1, 0.15) is 24.2 Å². The Bertz CT molecular complexity index is 851. The van der Waals surface area contributed by atoms with Crippen molar-refractivity contribution in [2.24, 2.45) is 0 Å². The SMILES string of the molecule is CC1(C)CN(c2ccc(C(=O)Nc3ccccc3N)cn2)CCN1C(=O)O. The van der Waals surface area contributed by atoms with Crippen LogP contribution in [-0.4, -0.2) is 52.2 Å². The molecular formula is C19H23N5O3. The molecule has 3 rings (SSSR count). The van der Waals surface area contributed by atoms with Crippen LogP contribution in [0.4, 0.5) is 22.0 Å². The Hall–Kier alpha value is -3.29. The maximum absolute atomic E-state index is 12.4. The first-order valence-corrected chi connectivity index (χ1v) is 8.65. The van der Waals surface area contributed by atoms with Crippen LogP contribution in [0.25, 0.3) is 0 Å². The Morgan fingerprint density at radius 2 is 1.93 bits per heavy atom. The monoisotopic (exact) mass is 369 g/mol. The first-order valence-electron chi connectivity index (χ1n) is 8.65. The van der Waals surface area contributed by atoms with Crippen molar-refractivity contribution in [3.05, 3.63) is 48.2 Å². The number of carbonyl (C=O) groups excluding carboxylic acids is 1. The van der Waals surface area contributed by atoms with Crippen molar-refractivity contribution >= 4 is 29.2 Å². The van der Waals surface area contributed by atoms with Crippen molar-refractivity contribution in [3.63, 3.8) is 0 Å². The minimum Gasteiger partial charge on any atom is -0.465 e. The van der Waals surface area contributed by atoms with Crippen molar-refractivity contribution in [1.82, 2.24) is 9.88 Å². The van der Waals surface area contributed by atoms with Crippen LogP contribution < -0.4 is 16.0 Å². The summed E-state index contributed by atoms with van der Waals surface area (Å²) < 4.78 is 0. The molecule has 0 unspecified atom stereocenters. The fraction of sp³-hybridized carbons (Fsp3) is 0.316. The molecule has 1 aromatic carbocycles. The highest BCUT2D eigenvalue weighted by molar-refractivity contribution is 6.05. The number of nitrogens with one attached hydrogen (secondary N) is 1. The van der Waals surface area contributed by atoms with Crippen molar-refractivity contribution in [3.8, 4) is 0 Å². The van der Waals surface area contributed by atoms with Gasteiger partial charge in [0.25, 0.3) is 5.91 Å². The number of carbonyl (C=O) groups is 2. The number of para-hydroxylation sites is 2. The van der Waals surface area contributed by atoms with E-state index in [1.165, 1.54) is 11.1 Å². The summed E-state index contributed by atoms with van der Waals surface area (Å²) >= 11 is 0. The maximum Gasteiger partial charge on any atom is 0.407 e. The van der Waals surface area contributed by atoms with Crippen LogP contribution in [0.5, 0.6) is 0 Å². The lowest BCUT2D eigenvalue weighted by atomic mass is 9.99. The summed E-state index contributed by atoms with van der Waals surface area (Å²) in [5.41, 5.74) is 6.79. The molecule has 142 valence electrons. The van der Waals surface area contributed by atoms with E-state index in [1.54, 1.807) is 36.4 Å². The second kappa shape index (κ2) is 7.14. The predicted octanol–water partition coefficient (Wildman–Crippen LogP) is 2.49. The molecule has 0 atom stereocenters. The highest BCUT2D eigenvalue weighted by Crippen LogP contribution is 2.25. The molecule has 1 aliphatic rings. The number of nitrogens with zero attached hydrogens (tertiary/aromatic N) is 3. The Morgan fingerprint density at radius 1 is 1.19 bits per heavy atom. The second-order valence-electron chi connectivity index (χ2n) is 7.11. The van der Waals surface area contributed by atoms with Crippen LogP contribution in [-0.2, 0) is 0 Å². The number of nitrogen functional groups attached to an aromatic ring is 1. The molecule has 1 aromatic heterocycles. The summed E-state index contributed by atoms with van der Waals surface area (Å²) in [7, 11) is 0. The van der Waals surface area contributed by atoms with Gasteiger partial charge >= 0.3 is 6.09 Å². The van der Waals surface area contributed by atoms with Gasteiger partial charge in [-0.05, 0) is 38.1 Å². The number of hydrogen-bond acceptors (Lipinski definition) is 5. The molecule has 0 bridgehead atoms. The molecule has 2 heterocycles. The van der Waals surface area contributed by atoms with Gasteiger partial charge in [0.15, 0.2) is 0 Å². The van der Waals surface area contributed by atoms with E-state index < -0.39 is 11.6 Å². The van der Waals surface area contributed by atoms with Crippen LogP contribution >= 0.6 is 0 Å². The average Bonchev–Trinajstić information content (AvgIpc) is 2.62. The molecule has 1 fully saturated rings. The Kier molecular flexibility index (Phi) is 4.89. The van der Waals surface area contributed by atoms with Gasteiger partial charge in [0.2, 0.25) is 0 Å². The second-order valence-corrected chi connectivity index (χ2v) is 7.11. The molecule has 1 saturated heterocycles. The van der Waals surface area contributed by atoms with Gasteiger partial charge < -0.3 is 21.1 Å². The minimum atomic E-state index is -0.917. The first kappa shape index (κ1) is 18.5. The number of benzene rings is 1. The smallest absolute Gasteiger partial charge is 0.407 e. The number of hydrogen-bond donors (Lipinski definition) is 3. The molecular weight excluding hydrogens is 346 g/mol. The topological polar surface area (TPSA) is 112 Å². The standard InChI is InChI=1S/C19H23N5O3/c1-19(2)12-23(9-10-24(19)18(26)27)16-8-7-13(11-21-16)17(25)22-15-6-4-3-5-14(15)20/h3-8,11H,9-10,12,20H2,1-2H3,(H,22,25)(H,26,27). The van der Waals surface area contributed by atoms with E-state index in [0.29, 0.717) is 42.4 Å². The number of amides is 2. The summed E-state index contributed by atoms with van der Waals surface area (Å²) in [6.07, 6.45) is 0.597. The Morgan fingerprint density at radius 3 is 2.52 bits per heavy atom. The first-order chi connectivity index (χ1) is 12.8. The van der Waals surface area contributed by atoms with E-state index in [0.717, 1.165) is 0 Å². The summed E-state index contributed by atoms with van der Waals surface area (Å²) in [5, 5.41) is 12.1. The van der Waals surface area contributed by atoms with Gasteiger partial charge in [0, 0.05) is 25.8 Å². The van der Waals surface area contributed by atoms with Gasteiger partial charge in [-0.1, -0.05) is 12.1 Å². The molecule has 0 radical (unpaired) electrons. The third-order valence-corrected chi connectivity index (χ3v) is 4.68. The van der Waals surface area contributed by atoms with Gasteiger partial charge in [-0.2, -0.15) is 0 Å². The molecule has 8 heteroatoms. The molecule has 0 spiro atoms. The van der Waals surface area contributed by atoms with E-state index in [-0.39, 0.29) is 5.91 Å². The van der Waals surface area contributed by atoms with Crippen LogP contribution in [0.2, 0.25) is 0 Å². The van der Waals surface area contributed by atoms with Crippen molar-refractivity contribution in [2.45, 2.75) is 19.4 Å². The molecule has 8 nitrogen and oxygen atoms in total. The molecule has 0 aliphatic carbocycles. The van der Waals surface area contributed by atoms with Crippen molar-refractivity contribution in [2.75, 3.05) is 35.6 Å². The van der Waals surface area contributed by atoms with Gasteiger partial charge in [0.05, 0.1) is 22.5 Å². The number of piperazine rings is 1. The van der Waals surface area contributed by atoms with E-state index in [2.05, 4.69) is 10.3 Å². The number of nitrogens with two attached hydrogens (primary N) is 1. The zero-order valence-corrected chi connectivity index (χ0v) is 15.3. The molecule has 0 saturated carbocycles. The predicted molar refractivity (Wildman–Crippen MR) is 104 cm³/mol. The Balaban J connectivity index is 1.70. The summed E-state index contributed by atoms with van der Waals surface area (Å²) in [6.45, 7) is 5.26. The molecule has 1 aliphatic heterocycles. The van der Waals surface area contributed by atoms with Gasteiger partial charge in [0.1, 0.15) is 5.82 Å². The summed E-state index contributed by atoms with van der Waals surface area (Å²) in [5.74, 6) is 0.423. The zero-order chi connectivity index (χ0) is 19.6. The van der Waals surface area contributed by atoms with Crippen molar-refractivity contribution < 1.29 is 14.7 Å². The van der Waals surface area contributed by atoms with Crippen LogP contribution in [0.3, 0.4) is 0 Å². The number of rotatable bonds is 3. The van der Waals surface area contributed by atoms with Gasteiger partial charge in [-0.3, -0.25) is 9.69 Å². The molecule has 4 N–H and O–H groups in total. The van der Waals surface area contributed by atoms with E-state index >= 15 is 0 Å². The third-order valence-electron chi connectivity index (χ3n) is 4.68. The normalized spacial score (nSPS) is 16.1. The molecule has 2 amide bonds. The van der Waals surface area contributed by atoms with Gasteiger partial charge in [-0.25, -0.2) is 9.78 Å². The lowest BCUT2D eigenvalue weighted by molar-refractivity contribution is 0.0842. The number of carboxylic acid groups (broad SMARTS) is 1. The lowest BCUT2D eigenvalue weighted by Crippen LogP contribution is -2.61. The average molecular weight is 369 g/mol. The van der Waals surface area contributed by atoms with E-state index in [1.807, 2.05) is 18.7 Å². The fourth-order valence-electron chi connectivity index (χ4n) is 3.22. The van der Waals surface area contributed by atoms with Crippen LogP contribution in [0, 0.1) is 0 Å². The third kappa shape index (κ3) is 3.94. The van der Waals surface area contributed by atoms with E-state index in [4.69, 9.17) is 5.73 Å². The van der Waals surface area contributed by atoms with Crippen molar-refractivity contribution in [1.29, 1.82) is 0 Å². The Labute approximate surface area is 157 Å². The maximum atomic E-state index is 12.4. The number of pyridine rings is 1. The molecule has 2 aromatic rings. The minimum absolute atomic E-state index is 0.289. The highest BCUT2D eigenvalue weighted by Gasteiger charge is 2.37. The summed E-state index contributed by atoms with van der Waals surface area (Å²) in [6, 6.07) is 10.5. The molecule has 27 heavy (non-hydrogen) atoms. The fourth-order valence-corrected chi connectivity index (χ4v) is 3.22. The highest BCUT2D eigenvalue weighted by atomic mass is 16.4. The van der Waals surface area contributed by atoms with Crippen LogP contribution in [0.15, 0.2) is 42.6 Å². The number of aromatic nitrogens is 1. The number of anilines is 3. The quantitative estimate of drug-likeness (QED) is 0.717. The van der Waals surface area contributed by atoms with E-state index in [9.17, 15) is 14.7 Å². The summed E-state index contributed by atoms with van der Waals surface area (Å²) in [4.78, 5) is 31.6. The van der Waals surface area contributed by atoms with Gasteiger partial charge in [-0.15, -0.1) is 0 Å². The zero-order valence-electron chi connectivity index (χ0n) is 15.3.